The van der Waals surface area contributed by atoms with E-state index in [4.69, 9.17) is 0 Å². The van der Waals surface area contributed by atoms with E-state index in [-0.39, 0.29) is 0 Å². The highest BCUT2D eigenvalue weighted by atomic mass is 32.2. The summed E-state index contributed by atoms with van der Waals surface area (Å²) in [7, 11) is -2.48. The van der Waals surface area contributed by atoms with Gasteiger partial charge in [-0.3, -0.25) is 0 Å². The van der Waals surface area contributed by atoms with Gasteiger partial charge < -0.3 is 10.5 Å². The predicted molar refractivity (Wildman–Crippen MR) is 25.7 cm³/mol. The Morgan fingerprint density at radius 3 is 2.25 bits per heavy atom. The van der Waals surface area contributed by atoms with E-state index >= 15 is 0 Å². The molecule has 0 aliphatic carbocycles. The lowest BCUT2D eigenvalue weighted by atomic mass is 11.2. The summed E-state index contributed by atoms with van der Waals surface area (Å²) in [4.78, 5) is 9.60. The topological polar surface area (TPSA) is 86.5 Å². The summed E-state index contributed by atoms with van der Waals surface area (Å²) in [6.07, 6.45) is -1.14. The van der Waals surface area contributed by atoms with Crippen molar-refractivity contribution >= 4 is 21.9 Å². The van der Waals surface area contributed by atoms with E-state index in [2.05, 4.69) is 10.5 Å². The lowest BCUT2D eigenvalue weighted by Crippen LogP contribution is -2.11. The number of nitrogens with two attached hydrogens (primary N) is 1. The minimum Gasteiger partial charge on any atom is -0.402 e. The Labute approximate surface area is 46.6 Å². The van der Waals surface area contributed by atoms with Crippen LogP contribution in [-0.2, 0) is 15.0 Å². The lowest BCUT2D eigenvalue weighted by Gasteiger charge is -1.81. The van der Waals surface area contributed by atoms with E-state index < -0.39 is 16.4 Å². The lowest BCUT2D eigenvalue weighted by molar-refractivity contribution is 0.211. The first-order chi connectivity index (χ1) is 3.63. The van der Waals surface area contributed by atoms with E-state index in [1.807, 2.05) is 0 Å². The SMILES string of the molecule is NC(=O)OC=S(=O)=O. The highest BCUT2D eigenvalue weighted by Crippen LogP contribution is 1.60. The van der Waals surface area contributed by atoms with Gasteiger partial charge in [-0.1, -0.05) is 0 Å². The van der Waals surface area contributed by atoms with Crippen molar-refractivity contribution in [3.05, 3.63) is 0 Å². The third-order valence-electron chi connectivity index (χ3n) is 0.243. The maximum Gasteiger partial charge on any atom is 0.410 e. The third kappa shape index (κ3) is 4.96. The van der Waals surface area contributed by atoms with Crippen LogP contribution in [0.25, 0.3) is 0 Å². The van der Waals surface area contributed by atoms with Gasteiger partial charge in [-0.05, 0) is 0 Å². The quantitative estimate of drug-likeness (QED) is 0.456. The van der Waals surface area contributed by atoms with Crippen molar-refractivity contribution in [2.45, 2.75) is 0 Å². The molecule has 0 aromatic heterocycles. The van der Waals surface area contributed by atoms with Crippen LogP contribution in [0, 0.1) is 0 Å². The highest BCUT2D eigenvalue weighted by Gasteiger charge is 1.84. The summed E-state index contributed by atoms with van der Waals surface area (Å²) in [5.74, 6) is 0. The number of amides is 1. The van der Waals surface area contributed by atoms with Crippen LogP contribution in [0.5, 0.6) is 0 Å². The van der Waals surface area contributed by atoms with E-state index in [1.54, 1.807) is 0 Å². The van der Waals surface area contributed by atoms with Crippen molar-refractivity contribution in [2.24, 2.45) is 5.73 Å². The summed E-state index contributed by atoms with van der Waals surface area (Å²) in [5, 5.41) is 0. The Balaban J connectivity index is 3.81. The molecule has 0 aromatic rings. The fraction of sp³-hybridized carbons (Fsp3) is 0. The van der Waals surface area contributed by atoms with Crippen molar-refractivity contribution in [3.8, 4) is 0 Å². The molecule has 0 bridgehead atoms. The Hall–Kier alpha value is -1.04. The number of carbonyl (C=O) groups excluding carboxylic acids is 1. The minimum atomic E-state index is -2.48. The Morgan fingerprint density at radius 1 is 1.62 bits per heavy atom. The highest BCUT2D eigenvalue weighted by molar-refractivity contribution is 7.71. The molecule has 46 valence electrons. The van der Waals surface area contributed by atoms with Crippen LogP contribution in [0.3, 0.4) is 0 Å². The van der Waals surface area contributed by atoms with Crippen molar-refractivity contribution in [2.75, 3.05) is 0 Å². The molecule has 1 amide bonds. The summed E-state index contributed by atoms with van der Waals surface area (Å²) in [6.45, 7) is 0. The second-order valence-electron chi connectivity index (χ2n) is 0.794. The van der Waals surface area contributed by atoms with Crippen molar-refractivity contribution in [3.63, 3.8) is 0 Å². The Morgan fingerprint density at radius 2 is 2.12 bits per heavy atom. The molecule has 2 N–H and O–H groups in total. The molecule has 8 heavy (non-hydrogen) atoms. The first-order valence-corrected chi connectivity index (χ1v) is 2.64. The first kappa shape index (κ1) is 6.96. The van der Waals surface area contributed by atoms with Crippen LogP contribution in [0.2, 0.25) is 0 Å². The van der Waals surface area contributed by atoms with Crippen molar-refractivity contribution < 1.29 is 17.9 Å². The average molecular weight is 137 g/mol. The molecule has 5 nitrogen and oxygen atoms in total. The zero-order valence-corrected chi connectivity index (χ0v) is 4.51. The van der Waals surface area contributed by atoms with Crippen molar-refractivity contribution in [1.82, 2.24) is 0 Å². The molecule has 0 fully saturated rings. The molecule has 0 aliphatic heterocycles. The molecule has 0 heterocycles. The normalized spacial score (nSPS) is 7.50. The number of ether oxygens (including phenoxy) is 1. The molecule has 0 atom stereocenters. The summed E-state index contributed by atoms with van der Waals surface area (Å²) in [5.41, 5.74) is 4.68. The van der Waals surface area contributed by atoms with Gasteiger partial charge in [0.2, 0.25) is 15.8 Å². The van der Waals surface area contributed by atoms with Crippen LogP contribution in [0.1, 0.15) is 0 Å². The van der Waals surface area contributed by atoms with Gasteiger partial charge in [0, 0.05) is 0 Å². The average Bonchev–Trinajstić information content (AvgIpc) is 1.61. The van der Waals surface area contributed by atoms with Gasteiger partial charge in [-0.25, -0.2) is 4.79 Å². The van der Waals surface area contributed by atoms with E-state index in [9.17, 15) is 13.2 Å². The standard InChI is InChI=1S/C2H3NO4S/c3-2(4)7-1-8(5)6/h1H,(H2,3,4). The minimum absolute atomic E-state index is 0.308. The third-order valence-corrected chi connectivity index (χ3v) is 0.496. The van der Waals surface area contributed by atoms with Gasteiger partial charge in [0.05, 0.1) is 0 Å². The van der Waals surface area contributed by atoms with E-state index in [1.165, 1.54) is 0 Å². The smallest absolute Gasteiger partial charge is 0.402 e. The van der Waals surface area contributed by atoms with Crippen molar-refractivity contribution in [1.29, 1.82) is 0 Å². The number of carbonyl (C=O) groups is 1. The largest absolute Gasteiger partial charge is 0.410 e. The maximum atomic E-state index is 9.60. The van der Waals surface area contributed by atoms with Gasteiger partial charge in [-0.15, -0.1) is 0 Å². The number of hydrogen-bond acceptors (Lipinski definition) is 4. The molecule has 0 rings (SSSR count). The van der Waals surface area contributed by atoms with Crippen LogP contribution in [0.4, 0.5) is 4.79 Å². The molecule has 0 spiro atoms. The number of primary amides is 1. The molecule has 0 aromatic carbocycles. The summed E-state index contributed by atoms with van der Waals surface area (Å²) in [6, 6.07) is 0. The molecule has 0 aliphatic rings. The predicted octanol–water partition coefficient (Wildman–Crippen LogP) is -1.28. The molecule has 0 unspecified atom stereocenters. The van der Waals surface area contributed by atoms with Gasteiger partial charge in [0.25, 0.3) is 0 Å². The zero-order chi connectivity index (χ0) is 6.57. The zero-order valence-electron chi connectivity index (χ0n) is 3.70. The Kier molecular flexibility index (Phi) is 2.63. The van der Waals surface area contributed by atoms with Gasteiger partial charge in [0.15, 0.2) is 0 Å². The second-order valence-corrected chi connectivity index (χ2v) is 1.51. The van der Waals surface area contributed by atoms with Crippen LogP contribution < -0.4 is 5.73 Å². The fourth-order valence-electron chi connectivity index (χ4n) is 0.0867. The van der Waals surface area contributed by atoms with E-state index in [0.29, 0.717) is 5.55 Å². The molecule has 6 heteroatoms. The second kappa shape index (κ2) is 3.03. The molecule has 0 saturated heterocycles. The van der Waals surface area contributed by atoms with Crippen LogP contribution in [-0.4, -0.2) is 20.1 Å². The molecular formula is C2H3NO4S. The summed E-state index contributed by atoms with van der Waals surface area (Å²) >= 11 is 0. The van der Waals surface area contributed by atoms with Gasteiger partial charge >= 0.3 is 6.09 Å². The number of hydrogen-bond donors (Lipinski definition) is 1. The van der Waals surface area contributed by atoms with Crippen LogP contribution >= 0.6 is 0 Å². The first-order valence-electron chi connectivity index (χ1n) is 1.50. The Bertz CT molecular complexity index is 194. The van der Waals surface area contributed by atoms with Gasteiger partial charge in [0.1, 0.15) is 0 Å². The summed E-state index contributed by atoms with van der Waals surface area (Å²) < 4.78 is 22.7. The molecule has 0 saturated carbocycles. The van der Waals surface area contributed by atoms with E-state index in [0.717, 1.165) is 0 Å². The number of rotatable bonds is 1. The van der Waals surface area contributed by atoms with Crippen LogP contribution in [0.15, 0.2) is 0 Å². The fourth-order valence-corrected chi connectivity index (χ4v) is 0.260. The van der Waals surface area contributed by atoms with Gasteiger partial charge in [-0.2, -0.15) is 8.42 Å². The molecular weight excluding hydrogens is 134 g/mol. The monoisotopic (exact) mass is 137 g/mol. The molecule has 0 radical (unpaired) electrons. The maximum absolute atomic E-state index is 9.60.